The molecule has 1 fully saturated rings. The van der Waals surface area contributed by atoms with Gasteiger partial charge >= 0.3 is 6.09 Å². The highest BCUT2D eigenvalue weighted by Crippen LogP contribution is 2.29. The van der Waals surface area contributed by atoms with Gasteiger partial charge in [0.05, 0.1) is 6.04 Å². The van der Waals surface area contributed by atoms with Gasteiger partial charge in [0.2, 0.25) is 0 Å². The highest BCUT2D eigenvalue weighted by Gasteiger charge is 2.27. The molecule has 114 valence electrons. The SMILES string of the molecule is O=C(O)N1CCN(C(c2ccccc2)c2ccccc2)CC1. The lowest BCUT2D eigenvalue weighted by Gasteiger charge is -2.38. The van der Waals surface area contributed by atoms with Crippen LogP contribution in [0.3, 0.4) is 0 Å². The molecule has 0 spiro atoms. The Balaban J connectivity index is 1.86. The van der Waals surface area contributed by atoms with Crippen molar-refractivity contribution in [2.45, 2.75) is 6.04 Å². The van der Waals surface area contributed by atoms with Crippen LogP contribution in [0.5, 0.6) is 0 Å². The lowest BCUT2D eigenvalue weighted by atomic mass is 9.96. The molecule has 4 heteroatoms. The first kappa shape index (κ1) is 14.6. The molecule has 0 aromatic heterocycles. The fourth-order valence-corrected chi connectivity index (χ4v) is 3.06. The minimum absolute atomic E-state index is 0.179. The number of benzene rings is 2. The second-order valence-corrected chi connectivity index (χ2v) is 5.53. The Labute approximate surface area is 130 Å². The molecule has 22 heavy (non-hydrogen) atoms. The van der Waals surface area contributed by atoms with E-state index >= 15 is 0 Å². The third-order valence-electron chi connectivity index (χ3n) is 4.18. The van der Waals surface area contributed by atoms with Crippen LogP contribution in [0.1, 0.15) is 17.2 Å². The van der Waals surface area contributed by atoms with Gasteiger partial charge in [-0.2, -0.15) is 0 Å². The zero-order chi connectivity index (χ0) is 15.4. The van der Waals surface area contributed by atoms with Gasteiger partial charge in [0.15, 0.2) is 0 Å². The first-order chi connectivity index (χ1) is 10.8. The summed E-state index contributed by atoms with van der Waals surface area (Å²) in [5.74, 6) is 0. The van der Waals surface area contributed by atoms with E-state index in [0.717, 1.165) is 13.1 Å². The predicted octanol–water partition coefficient (Wildman–Crippen LogP) is 3.07. The number of nitrogens with zero attached hydrogens (tertiary/aromatic N) is 2. The van der Waals surface area contributed by atoms with Gasteiger partial charge in [0, 0.05) is 26.2 Å². The normalized spacial score (nSPS) is 16.0. The fourth-order valence-electron chi connectivity index (χ4n) is 3.06. The van der Waals surface area contributed by atoms with E-state index in [1.54, 1.807) is 0 Å². The lowest BCUT2D eigenvalue weighted by Crippen LogP contribution is -2.49. The maximum Gasteiger partial charge on any atom is 0.407 e. The second kappa shape index (κ2) is 6.62. The predicted molar refractivity (Wildman–Crippen MR) is 85.9 cm³/mol. The molecule has 1 N–H and O–H groups in total. The van der Waals surface area contributed by atoms with Crippen molar-refractivity contribution in [2.24, 2.45) is 0 Å². The summed E-state index contributed by atoms with van der Waals surface area (Å²) in [5, 5.41) is 9.10. The topological polar surface area (TPSA) is 43.8 Å². The molecule has 1 aliphatic heterocycles. The van der Waals surface area contributed by atoms with E-state index in [1.165, 1.54) is 16.0 Å². The van der Waals surface area contributed by atoms with Gasteiger partial charge in [-0.15, -0.1) is 0 Å². The maximum atomic E-state index is 11.1. The largest absolute Gasteiger partial charge is 0.465 e. The number of hydrogen-bond donors (Lipinski definition) is 1. The Kier molecular flexibility index (Phi) is 4.39. The van der Waals surface area contributed by atoms with Crippen molar-refractivity contribution in [1.29, 1.82) is 0 Å². The van der Waals surface area contributed by atoms with Gasteiger partial charge in [-0.1, -0.05) is 60.7 Å². The van der Waals surface area contributed by atoms with E-state index in [-0.39, 0.29) is 6.04 Å². The van der Waals surface area contributed by atoms with Crippen LogP contribution in [0, 0.1) is 0 Å². The average Bonchev–Trinajstić information content (AvgIpc) is 2.57. The van der Waals surface area contributed by atoms with Crippen molar-refractivity contribution >= 4 is 6.09 Å². The van der Waals surface area contributed by atoms with Crippen molar-refractivity contribution in [3.8, 4) is 0 Å². The summed E-state index contributed by atoms with van der Waals surface area (Å²) in [4.78, 5) is 14.9. The fraction of sp³-hybridized carbons (Fsp3) is 0.278. The summed E-state index contributed by atoms with van der Waals surface area (Å²) in [6.07, 6.45) is -0.823. The van der Waals surface area contributed by atoms with Crippen molar-refractivity contribution in [2.75, 3.05) is 26.2 Å². The van der Waals surface area contributed by atoms with E-state index in [0.29, 0.717) is 13.1 Å². The Bertz CT molecular complexity index is 568. The van der Waals surface area contributed by atoms with E-state index in [4.69, 9.17) is 5.11 Å². The number of piperazine rings is 1. The van der Waals surface area contributed by atoms with Gasteiger partial charge in [-0.25, -0.2) is 4.79 Å². The summed E-state index contributed by atoms with van der Waals surface area (Å²) in [6.45, 7) is 2.62. The molecular weight excluding hydrogens is 276 g/mol. The van der Waals surface area contributed by atoms with Crippen LogP contribution >= 0.6 is 0 Å². The summed E-state index contributed by atoms with van der Waals surface area (Å²) < 4.78 is 0. The van der Waals surface area contributed by atoms with Crippen LogP contribution in [-0.2, 0) is 0 Å². The Hall–Kier alpha value is -2.33. The first-order valence-corrected chi connectivity index (χ1v) is 7.57. The van der Waals surface area contributed by atoms with Crippen molar-refractivity contribution < 1.29 is 9.90 Å². The van der Waals surface area contributed by atoms with E-state index in [1.807, 2.05) is 12.1 Å². The minimum atomic E-state index is -0.823. The molecule has 1 heterocycles. The quantitative estimate of drug-likeness (QED) is 0.946. The smallest absolute Gasteiger partial charge is 0.407 e. The molecule has 0 radical (unpaired) electrons. The molecule has 0 saturated carbocycles. The zero-order valence-electron chi connectivity index (χ0n) is 12.4. The Morgan fingerprint density at radius 3 is 1.68 bits per heavy atom. The first-order valence-electron chi connectivity index (χ1n) is 7.57. The Morgan fingerprint density at radius 1 is 0.818 bits per heavy atom. The zero-order valence-corrected chi connectivity index (χ0v) is 12.4. The summed E-state index contributed by atoms with van der Waals surface area (Å²) in [6, 6.07) is 21.0. The number of rotatable bonds is 3. The van der Waals surface area contributed by atoms with E-state index in [9.17, 15) is 4.79 Å². The summed E-state index contributed by atoms with van der Waals surface area (Å²) in [7, 11) is 0. The van der Waals surface area contributed by atoms with E-state index in [2.05, 4.69) is 53.4 Å². The van der Waals surface area contributed by atoms with Crippen LogP contribution in [0.25, 0.3) is 0 Å². The number of hydrogen-bond acceptors (Lipinski definition) is 2. The highest BCUT2D eigenvalue weighted by molar-refractivity contribution is 5.65. The van der Waals surface area contributed by atoms with Gasteiger partial charge in [-0.05, 0) is 11.1 Å². The van der Waals surface area contributed by atoms with Crippen LogP contribution in [-0.4, -0.2) is 47.2 Å². The average molecular weight is 296 g/mol. The minimum Gasteiger partial charge on any atom is -0.465 e. The summed E-state index contributed by atoms with van der Waals surface area (Å²) >= 11 is 0. The third-order valence-corrected chi connectivity index (χ3v) is 4.18. The van der Waals surface area contributed by atoms with Gasteiger partial charge in [0.25, 0.3) is 0 Å². The van der Waals surface area contributed by atoms with Crippen LogP contribution in [0.2, 0.25) is 0 Å². The molecular formula is C18H20N2O2. The van der Waals surface area contributed by atoms with Crippen molar-refractivity contribution in [3.63, 3.8) is 0 Å². The number of carbonyl (C=O) groups is 1. The number of carboxylic acid groups (broad SMARTS) is 1. The van der Waals surface area contributed by atoms with Crippen LogP contribution in [0.4, 0.5) is 4.79 Å². The van der Waals surface area contributed by atoms with Crippen LogP contribution < -0.4 is 0 Å². The molecule has 0 unspecified atom stereocenters. The summed E-state index contributed by atoms with van der Waals surface area (Å²) in [5.41, 5.74) is 2.50. The molecule has 1 amide bonds. The molecule has 2 aromatic rings. The monoisotopic (exact) mass is 296 g/mol. The molecule has 4 nitrogen and oxygen atoms in total. The second-order valence-electron chi connectivity index (χ2n) is 5.53. The molecule has 3 rings (SSSR count). The lowest BCUT2D eigenvalue weighted by molar-refractivity contribution is 0.0932. The molecule has 1 saturated heterocycles. The van der Waals surface area contributed by atoms with Gasteiger partial charge in [-0.3, -0.25) is 4.90 Å². The van der Waals surface area contributed by atoms with Crippen LogP contribution in [0.15, 0.2) is 60.7 Å². The van der Waals surface area contributed by atoms with E-state index < -0.39 is 6.09 Å². The molecule has 0 bridgehead atoms. The number of amides is 1. The van der Waals surface area contributed by atoms with Gasteiger partial charge < -0.3 is 10.0 Å². The van der Waals surface area contributed by atoms with Gasteiger partial charge in [0.1, 0.15) is 0 Å². The third kappa shape index (κ3) is 3.12. The van der Waals surface area contributed by atoms with Crippen molar-refractivity contribution in [1.82, 2.24) is 9.80 Å². The molecule has 1 aliphatic rings. The highest BCUT2D eigenvalue weighted by atomic mass is 16.4. The van der Waals surface area contributed by atoms with Crippen molar-refractivity contribution in [3.05, 3.63) is 71.8 Å². The standard InChI is InChI=1S/C18H20N2O2/c21-18(22)20-13-11-19(12-14-20)17(15-7-3-1-4-8-15)16-9-5-2-6-10-16/h1-10,17H,11-14H2,(H,21,22). The Morgan fingerprint density at radius 2 is 1.27 bits per heavy atom. The molecule has 2 aromatic carbocycles. The maximum absolute atomic E-state index is 11.1. The molecule has 0 aliphatic carbocycles. The molecule has 0 atom stereocenters.